The molecule has 2 aliphatic heterocycles. The van der Waals surface area contributed by atoms with Crippen molar-refractivity contribution in [3.8, 4) is 5.75 Å². The number of nitrogens with zero attached hydrogens (tertiary/aromatic N) is 2. The molecule has 2 atom stereocenters. The maximum absolute atomic E-state index is 5.92. The van der Waals surface area contributed by atoms with Crippen LogP contribution >= 0.6 is 11.6 Å². The van der Waals surface area contributed by atoms with Gasteiger partial charge in [-0.05, 0) is 6.42 Å². The van der Waals surface area contributed by atoms with Crippen molar-refractivity contribution in [1.82, 2.24) is 10.3 Å². The topological polar surface area (TPSA) is 37.4 Å². The number of hydrogen-bond donors (Lipinski definition) is 1. The van der Waals surface area contributed by atoms with E-state index in [2.05, 4.69) is 15.2 Å². The van der Waals surface area contributed by atoms with Crippen molar-refractivity contribution in [2.24, 2.45) is 0 Å². The second-order valence-electron chi connectivity index (χ2n) is 4.33. The molecule has 0 unspecified atom stereocenters. The number of piperazine rings is 1. The van der Waals surface area contributed by atoms with Crippen molar-refractivity contribution in [2.75, 3.05) is 25.1 Å². The van der Waals surface area contributed by atoms with Crippen LogP contribution in [0.2, 0.25) is 5.15 Å². The monoisotopic (exact) mass is 239 g/mol. The molecule has 2 fully saturated rings. The summed E-state index contributed by atoms with van der Waals surface area (Å²) >= 11 is 5.92. The fourth-order valence-electron chi connectivity index (χ4n) is 2.59. The van der Waals surface area contributed by atoms with Crippen LogP contribution in [0.1, 0.15) is 6.42 Å². The maximum atomic E-state index is 5.92. The Morgan fingerprint density at radius 2 is 2.50 bits per heavy atom. The Bertz CT molecular complexity index is 412. The summed E-state index contributed by atoms with van der Waals surface area (Å²) in [4.78, 5) is 6.54. The largest absolute Gasteiger partial charge is 0.493 e. The lowest BCUT2D eigenvalue weighted by molar-refractivity contribution is 0.413. The van der Waals surface area contributed by atoms with E-state index >= 15 is 0 Å². The number of halogens is 1. The van der Waals surface area contributed by atoms with Gasteiger partial charge in [0.25, 0.3) is 0 Å². The summed E-state index contributed by atoms with van der Waals surface area (Å²) < 4.78 is 5.19. The zero-order valence-electron chi connectivity index (χ0n) is 9.11. The first kappa shape index (κ1) is 10.2. The minimum Gasteiger partial charge on any atom is -0.493 e. The first-order valence-electron chi connectivity index (χ1n) is 5.47. The number of hydrogen-bond acceptors (Lipinski definition) is 4. The van der Waals surface area contributed by atoms with Gasteiger partial charge in [-0.2, -0.15) is 0 Å². The Hall–Kier alpha value is -1.00. The number of ether oxygens (including phenoxy) is 1. The molecule has 1 N–H and O–H groups in total. The fraction of sp³-hybridized carbons (Fsp3) is 0.545. The minimum atomic E-state index is 0.425. The maximum Gasteiger partial charge on any atom is 0.171 e. The van der Waals surface area contributed by atoms with Crippen molar-refractivity contribution in [3.63, 3.8) is 0 Å². The Kier molecular flexibility index (Phi) is 2.41. The lowest BCUT2D eigenvalue weighted by atomic mass is 10.2. The van der Waals surface area contributed by atoms with E-state index in [9.17, 15) is 0 Å². The Balaban J connectivity index is 1.89. The average molecular weight is 240 g/mol. The van der Waals surface area contributed by atoms with Crippen LogP contribution < -0.4 is 15.0 Å². The van der Waals surface area contributed by atoms with E-state index in [-0.39, 0.29) is 0 Å². The highest BCUT2D eigenvalue weighted by atomic mass is 35.5. The van der Waals surface area contributed by atoms with E-state index in [0.29, 0.717) is 23.0 Å². The number of fused-ring (bicyclic) bond motifs is 2. The Labute approximate surface area is 99.6 Å². The minimum absolute atomic E-state index is 0.425. The van der Waals surface area contributed by atoms with E-state index in [1.54, 1.807) is 7.11 Å². The van der Waals surface area contributed by atoms with Crippen LogP contribution in [0, 0.1) is 0 Å². The van der Waals surface area contributed by atoms with Crippen molar-refractivity contribution < 1.29 is 4.74 Å². The van der Waals surface area contributed by atoms with Gasteiger partial charge in [0, 0.05) is 31.2 Å². The molecule has 86 valence electrons. The van der Waals surface area contributed by atoms with Crippen molar-refractivity contribution >= 4 is 17.3 Å². The molecule has 5 heteroatoms. The van der Waals surface area contributed by atoms with Crippen LogP contribution in [-0.4, -0.2) is 37.3 Å². The first-order valence-corrected chi connectivity index (χ1v) is 5.85. The first-order chi connectivity index (χ1) is 7.78. The number of anilines is 1. The van der Waals surface area contributed by atoms with Gasteiger partial charge in [-0.25, -0.2) is 4.98 Å². The molecule has 0 amide bonds. The van der Waals surface area contributed by atoms with Crippen LogP contribution in [0.15, 0.2) is 12.3 Å². The third kappa shape index (κ3) is 1.53. The molecule has 0 spiro atoms. The number of rotatable bonds is 2. The Morgan fingerprint density at radius 1 is 1.62 bits per heavy atom. The number of aromatic nitrogens is 1. The standard InChI is InChI=1S/C11H14ClN3O/c1-16-10-3-9(5-14-11(10)12)15-6-7-2-8(15)4-13-7/h3,5,7-8,13H,2,4,6H2,1H3/t7-,8-/m1/s1. The molecule has 0 radical (unpaired) electrons. The summed E-state index contributed by atoms with van der Waals surface area (Å²) in [5.41, 5.74) is 1.11. The lowest BCUT2D eigenvalue weighted by Gasteiger charge is -2.29. The molecule has 0 aromatic carbocycles. The fourth-order valence-corrected chi connectivity index (χ4v) is 2.78. The van der Waals surface area contributed by atoms with Crippen LogP contribution in [-0.2, 0) is 0 Å². The van der Waals surface area contributed by atoms with Crippen LogP contribution in [0.4, 0.5) is 5.69 Å². The SMILES string of the molecule is COc1cc(N2C[C@H]3C[C@@H]2CN3)cnc1Cl. The lowest BCUT2D eigenvalue weighted by Crippen LogP contribution is -2.43. The zero-order valence-corrected chi connectivity index (χ0v) is 9.87. The molecular formula is C11H14ClN3O. The molecule has 2 bridgehead atoms. The highest BCUT2D eigenvalue weighted by Gasteiger charge is 2.37. The van der Waals surface area contributed by atoms with Gasteiger partial charge in [0.1, 0.15) is 0 Å². The summed E-state index contributed by atoms with van der Waals surface area (Å²) in [5, 5.41) is 3.90. The smallest absolute Gasteiger partial charge is 0.171 e. The third-order valence-corrected chi connectivity index (χ3v) is 3.68. The number of methoxy groups -OCH3 is 1. The molecule has 1 aromatic heterocycles. The van der Waals surface area contributed by atoms with Gasteiger partial charge in [0.05, 0.1) is 19.0 Å². The Morgan fingerprint density at radius 3 is 3.12 bits per heavy atom. The third-order valence-electron chi connectivity index (χ3n) is 3.40. The molecule has 4 nitrogen and oxygen atoms in total. The predicted molar refractivity (Wildman–Crippen MR) is 63.3 cm³/mol. The molecule has 1 aromatic rings. The van der Waals surface area contributed by atoms with E-state index in [1.807, 2.05) is 12.3 Å². The summed E-state index contributed by atoms with van der Waals surface area (Å²) in [7, 11) is 1.62. The second kappa shape index (κ2) is 3.79. The van der Waals surface area contributed by atoms with Crippen LogP contribution in [0.5, 0.6) is 5.75 Å². The summed E-state index contributed by atoms with van der Waals surface area (Å²) in [6.07, 6.45) is 3.05. The van der Waals surface area contributed by atoms with Gasteiger partial charge < -0.3 is 15.0 Å². The number of nitrogens with one attached hydrogen (secondary N) is 1. The molecular weight excluding hydrogens is 226 g/mol. The van der Waals surface area contributed by atoms with Gasteiger partial charge in [0.2, 0.25) is 0 Å². The van der Waals surface area contributed by atoms with Gasteiger partial charge in [0.15, 0.2) is 10.9 Å². The van der Waals surface area contributed by atoms with E-state index < -0.39 is 0 Å². The molecule has 0 saturated carbocycles. The van der Waals surface area contributed by atoms with Crippen LogP contribution in [0.3, 0.4) is 0 Å². The quantitative estimate of drug-likeness (QED) is 0.790. The molecule has 2 aliphatic rings. The average Bonchev–Trinajstić information content (AvgIpc) is 2.91. The molecule has 0 aliphatic carbocycles. The van der Waals surface area contributed by atoms with Crippen LogP contribution in [0.25, 0.3) is 0 Å². The van der Waals surface area contributed by atoms with Crippen molar-refractivity contribution in [1.29, 1.82) is 0 Å². The van der Waals surface area contributed by atoms with Gasteiger partial charge in [-0.15, -0.1) is 0 Å². The normalized spacial score (nSPS) is 27.5. The van der Waals surface area contributed by atoms with Gasteiger partial charge in [-0.3, -0.25) is 0 Å². The summed E-state index contributed by atoms with van der Waals surface area (Å²) in [5.74, 6) is 0.648. The zero-order chi connectivity index (χ0) is 11.1. The summed E-state index contributed by atoms with van der Waals surface area (Å²) in [6.45, 7) is 2.12. The van der Waals surface area contributed by atoms with Crippen molar-refractivity contribution in [2.45, 2.75) is 18.5 Å². The van der Waals surface area contributed by atoms with Gasteiger partial charge in [-0.1, -0.05) is 11.6 Å². The van der Waals surface area contributed by atoms with E-state index in [1.165, 1.54) is 6.42 Å². The highest BCUT2D eigenvalue weighted by molar-refractivity contribution is 6.30. The molecule has 3 heterocycles. The predicted octanol–water partition coefficient (Wildman–Crippen LogP) is 1.29. The van der Waals surface area contributed by atoms with E-state index in [4.69, 9.17) is 16.3 Å². The van der Waals surface area contributed by atoms with E-state index in [0.717, 1.165) is 18.8 Å². The summed E-state index contributed by atoms with van der Waals surface area (Å²) in [6, 6.07) is 3.19. The molecule has 3 rings (SSSR count). The van der Waals surface area contributed by atoms with Gasteiger partial charge >= 0.3 is 0 Å². The molecule has 2 saturated heterocycles. The second-order valence-corrected chi connectivity index (χ2v) is 4.69. The highest BCUT2D eigenvalue weighted by Crippen LogP contribution is 2.33. The van der Waals surface area contributed by atoms with Crippen molar-refractivity contribution in [3.05, 3.63) is 17.4 Å². The molecule has 16 heavy (non-hydrogen) atoms. The number of pyridine rings is 1.